The lowest BCUT2D eigenvalue weighted by molar-refractivity contribution is -0.126. The lowest BCUT2D eigenvalue weighted by Crippen LogP contribution is -2.41. The minimum atomic E-state index is -3.69. The van der Waals surface area contributed by atoms with Gasteiger partial charge < -0.3 is 15.4 Å². The Morgan fingerprint density at radius 1 is 1.09 bits per heavy atom. The average Bonchev–Trinajstić information content (AvgIpc) is 2.79. The van der Waals surface area contributed by atoms with Gasteiger partial charge in [0.15, 0.2) is 0 Å². The zero-order chi connectivity index (χ0) is 23.3. The standard InChI is InChI=1S/C23H30FN3O4S/c1-15(16-4-8-18(24)9-5-16)26-23(28)17-6-10-19(11-7-17)27-32(29,30)20-12-13-22(31-3)21(14-20)25-2/h4-5,8-9,12-15,17,19,25,27H,6-7,10-11H2,1-3H3,(H,26,28)/t15-,17?,19?/m1/s1. The molecule has 2 aromatic carbocycles. The molecule has 9 heteroatoms. The summed E-state index contributed by atoms with van der Waals surface area (Å²) in [5.41, 5.74) is 1.42. The van der Waals surface area contributed by atoms with Crippen molar-refractivity contribution < 1.29 is 22.3 Å². The van der Waals surface area contributed by atoms with E-state index >= 15 is 0 Å². The van der Waals surface area contributed by atoms with Crippen LogP contribution >= 0.6 is 0 Å². The highest BCUT2D eigenvalue weighted by Gasteiger charge is 2.30. The van der Waals surface area contributed by atoms with Gasteiger partial charge >= 0.3 is 0 Å². The zero-order valence-corrected chi connectivity index (χ0v) is 19.3. The van der Waals surface area contributed by atoms with Gasteiger partial charge in [-0.05, 0) is 68.5 Å². The first-order valence-electron chi connectivity index (χ1n) is 10.7. The number of methoxy groups -OCH3 is 1. The molecule has 0 aliphatic heterocycles. The highest BCUT2D eigenvalue weighted by atomic mass is 32.2. The Morgan fingerprint density at radius 3 is 2.34 bits per heavy atom. The fourth-order valence-electron chi connectivity index (χ4n) is 3.98. The van der Waals surface area contributed by atoms with Crippen molar-refractivity contribution in [2.75, 3.05) is 19.5 Å². The van der Waals surface area contributed by atoms with Crippen LogP contribution in [0.1, 0.15) is 44.2 Å². The van der Waals surface area contributed by atoms with Crippen molar-refractivity contribution in [2.45, 2.75) is 49.6 Å². The van der Waals surface area contributed by atoms with Gasteiger partial charge in [0.05, 0.1) is 23.7 Å². The topological polar surface area (TPSA) is 96.5 Å². The van der Waals surface area contributed by atoms with Crippen molar-refractivity contribution in [2.24, 2.45) is 5.92 Å². The molecule has 1 aliphatic rings. The van der Waals surface area contributed by atoms with Gasteiger partial charge in [0.1, 0.15) is 11.6 Å². The Hall–Kier alpha value is -2.65. The van der Waals surface area contributed by atoms with E-state index in [9.17, 15) is 17.6 Å². The molecule has 3 rings (SSSR count). The quantitative estimate of drug-likeness (QED) is 0.556. The molecule has 1 atom stereocenters. The highest BCUT2D eigenvalue weighted by Crippen LogP contribution is 2.29. The Bertz CT molecular complexity index is 1040. The summed E-state index contributed by atoms with van der Waals surface area (Å²) >= 11 is 0. The van der Waals surface area contributed by atoms with Gasteiger partial charge in [-0.3, -0.25) is 4.79 Å². The van der Waals surface area contributed by atoms with Crippen LogP contribution in [0.15, 0.2) is 47.4 Å². The van der Waals surface area contributed by atoms with Crippen LogP contribution in [0.5, 0.6) is 5.75 Å². The maximum atomic E-state index is 13.1. The maximum Gasteiger partial charge on any atom is 0.240 e. The van der Waals surface area contributed by atoms with E-state index in [4.69, 9.17) is 4.74 Å². The molecule has 3 N–H and O–H groups in total. The Morgan fingerprint density at radius 2 is 1.75 bits per heavy atom. The van der Waals surface area contributed by atoms with E-state index in [-0.39, 0.29) is 34.6 Å². The van der Waals surface area contributed by atoms with E-state index in [0.29, 0.717) is 37.1 Å². The van der Waals surface area contributed by atoms with Crippen LogP contribution in [-0.2, 0) is 14.8 Å². The summed E-state index contributed by atoms with van der Waals surface area (Å²) in [6.07, 6.45) is 2.35. The fourth-order valence-corrected chi connectivity index (χ4v) is 5.31. The number of benzene rings is 2. The third kappa shape index (κ3) is 5.77. The second-order valence-electron chi connectivity index (χ2n) is 8.06. The van der Waals surface area contributed by atoms with Crippen LogP contribution < -0.4 is 20.1 Å². The van der Waals surface area contributed by atoms with Crippen molar-refractivity contribution in [3.63, 3.8) is 0 Å². The molecule has 1 aliphatic carbocycles. The first-order chi connectivity index (χ1) is 15.2. The normalized spacial score (nSPS) is 19.8. The smallest absolute Gasteiger partial charge is 0.240 e. The second-order valence-corrected chi connectivity index (χ2v) is 9.78. The number of rotatable bonds is 8. The van der Waals surface area contributed by atoms with Gasteiger partial charge in [0.2, 0.25) is 15.9 Å². The Balaban J connectivity index is 1.55. The molecule has 1 saturated carbocycles. The van der Waals surface area contributed by atoms with Crippen LogP contribution in [0.3, 0.4) is 0 Å². The van der Waals surface area contributed by atoms with E-state index in [2.05, 4.69) is 15.4 Å². The number of amides is 1. The fraction of sp³-hybridized carbons (Fsp3) is 0.435. The van der Waals surface area contributed by atoms with E-state index in [0.717, 1.165) is 5.56 Å². The molecule has 0 unspecified atom stereocenters. The third-order valence-corrected chi connectivity index (χ3v) is 7.42. The molecule has 1 amide bonds. The molecule has 174 valence electrons. The van der Waals surface area contributed by atoms with Crippen LogP contribution in [0.4, 0.5) is 10.1 Å². The van der Waals surface area contributed by atoms with Gasteiger partial charge in [-0.15, -0.1) is 0 Å². The van der Waals surface area contributed by atoms with E-state index < -0.39 is 10.0 Å². The average molecular weight is 464 g/mol. The first kappa shape index (κ1) is 24.0. The summed E-state index contributed by atoms with van der Waals surface area (Å²) in [5.74, 6) is 0.0187. The van der Waals surface area contributed by atoms with Crippen molar-refractivity contribution >= 4 is 21.6 Å². The molecule has 32 heavy (non-hydrogen) atoms. The van der Waals surface area contributed by atoms with Crippen LogP contribution in [-0.4, -0.2) is 34.5 Å². The minimum absolute atomic E-state index is 0.0584. The monoisotopic (exact) mass is 463 g/mol. The molecule has 0 heterocycles. The number of carbonyl (C=O) groups is 1. The summed E-state index contributed by atoms with van der Waals surface area (Å²) in [5, 5.41) is 5.91. The minimum Gasteiger partial charge on any atom is -0.495 e. The molecule has 0 radical (unpaired) electrons. The molecule has 1 fully saturated rings. The third-order valence-electron chi connectivity index (χ3n) is 5.90. The molecule has 2 aromatic rings. The van der Waals surface area contributed by atoms with Crippen LogP contribution in [0.25, 0.3) is 0 Å². The van der Waals surface area contributed by atoms with Crippen molar-refractivity contribution in [1.29, 1.82) is 0 Å². The number of sulfonamides is 1. The molecule has 7 nitrogen and oxygen atoms in total. The Kier molecular flexibility index (Phi) is 7.73. The summed E-state index contributed by atoms with van der Waals surface area (Å²) in [6.45, 7) is 1.86. The number of hydrogen-bond acceptors (Lipinski definition) is 5. The lowest BCUT2D eigenvalue weighted by Gasteiger charge is -2.29. The van der Waals surface area contributed by atoms with Gasteiger partial charge in [-0.25, -0.2) is 17.5 Å². The second kappa shape index (κ2) is 10.3. The number of hydrogen-bond donors (Lipinski definition) is 3. The summed E-state index contributed by atoms with van der Waals surface area (Å²) < 4.78 is 46.7. The highest BCUT2D eigenvalue weighted by molar-refractivity contribution is 7.89. The molecular weight excluding hydrogens is 433 g/mol. The van der Waals surface area contributed by atoms with Gasteiger partial charge in [0, 0.05) is 19.0 Å². The Labute approximate surface area is 188 Å². The number of ether oxygens (including phenoxy) is 1. The number of nitrogens with one attached hydrogen (secondary N) is 3. The summed E-state index contributed by atoms with van der Waals surface area (Å²) in [4.78, 5) is 12.8. The largest absolute Gasteiger partial charge is 0.495 e. The van der Waals surface area contributed by atoms with Crippen LogP contribution in [0, 0.1) is 11.7 Å². The SMILES string of the molecule is CNc1cc(S(=O)(=O)NC2CCC(C(=O)N[C@H](C)c3ccc(F)cc3)CC2)ccc1OC. The molecular formula is C23H30FN3O4S. The van der Waals surface area contributed by atoms with Crippen LogP contribution in [0.2, 0.25) is 0 Å². The summed E-state index contributed by atoms with van der Waals surface area (Å²) in [6, 6.07) is 10.3. The summed E-state index contributed by atoms with van der Waals surface area (Å²) in [7, 11) is -0.466. The number of halogens is 1. The van der Waals surface area contributed by atoms with E-state index in [1.54, 1.807) is 25.2 Å². The zero-order valence-electron chi connectivity index (χ0n) is 18.5. The molecule has 0 saturated heterocycles. The predicted molar refractivity (Wildman–Crippen MR) is 122 cm³/mol. The molecule has 0 spiro atoms. The predicted octanol–water partition coefficient (Wildman–Crippen LogP) is 3.59. The van der Waals surface area contributed by atoms with E-state index in [1.807, 2.05) is 6.92 Å². The molecule has 0 aromatic heterocycles. The van der Waals surface area contributed by atoms with Crippen molar-refractivity contribution in [3.8, 4) is 5.75 Å². The van der Waals surface area contributed by atoms with Crippen molar-refractivity contribution in [3.05, 3.63) is 53.8 Å². The van der Waals surface area contributed by atoms with Crippen molar-refractivity contribution in [1.82, 2.24) is 10.0 Å². The number of carbonyl (C=O) groups excluding carboxylic acids is 1. The lowest BCUT2D eigenvalue weighted by atomic mass is 9.85. The maximum absolute atomic E-state index is 13.1. The van der Waals surface area contributed by atoms with Gasteiger partial charge in [-0.2, -0.15) is 0 Å². The number of anilines is 1. The van der Waals surface area contributed by atoms with Gasteiger partial charge in [-0.1, -0.05) is 12.1 Å². The van der Waals surface area contributed by atoms with E-state index in [1.165, 1.54) is 31.4 Å². The first-order valence-corrected chi connectivity index (χ1v) is 12.2. The van der Waals surface area contributed by atoms with Gasteiger partial charge in [0.25, 0.3) is 0 Å². The molecule has 0 bridgehead atoms.